The van der Waals surface area contributed by atoms with E-state index >= 15 is 0 Å². The van der Waals surface area contributed by atoms with Gasteiger partial charge >= 0.3 is 0 Å². The zero-order valence-corrected chi connectivity index (χ0v) is 11.9. The molecule has 4 nitrogen and oxygen atoms in total. The van der Waals surface area contributed by atoms with Gasteiger partial charge in [0.05, 0.1) is 12.1 Å². The Morgan fingerprint density at radius 2 is 2.20 bits per heavy atom. The normalized spacial score (nSPS) is 10.7. The first kappa shape index (κ1) is 13.0. The van der Waals surface area contributed by atoms with Gasteiger partial charge in [0.1, 0.15) is 10.8 Å². The monoisotopic (exact) mass is 303 g/mol. The van der Waals surface area contributed by atoms with Crippen molar-refractivity contribution in [2.24, 2.45) is 0 Å². The Labute approximate surface area is 124 Å². The molecule has 3 aromatic rings. The van der Waals surface area contributed by atoms with E-state index in [2.05, 4.69) is 15.3 Å². The lowest BCUT2D eigenvalue weighted by molar-refractivity contribution is 0.0946. The van der Waals surface area contributed by atoms with Crippen LogP contribution in [0, 0.1) is 0 Å². The third kappa shape index (κ3) is 2.64. The Hall–Kier alpha value is -1.98. The van der Waals surface area contributed by atoms with Crippen LogP contribution in [0.5, 0.6) is 0 Å². The van der Waals surface area contributed by atoms with Gasteiger partial charge in [-0.1, -0.05) is 35.9 Å². The number of amides is 1. The smallest absolute Gasteiger partial charge is 0.270 e. The molecule has 0 aliphatic carbocycles. The molecule has 0 unspecified atom stereocenters. The summed E-state index contributed by atoms with van der Waals surface area (Å²) in [5, 5.41) is 4.88. The molecule has 0 saturated heterocycles. The summed E-state index contributed by atoms with van der Waals surface area (Å²) in [5.41, 5.74) is 2.05. The highest BCUT2D eigenvalue weighted by molar-refractivity contribution is 7.09. The number of pyridine rings is 1. The van der Waals surface area contributed by atoms with Gasteiger partial charge in [0.2, 0.25) is 0 Å². The maximum Gasteiger partial charge on any atom is 0.270 e. The van der Waals surface area contributed by atoms with Crippen LogP contribution in [0.3, 0.4) is 0 Å². The number of carbonyl (C=O) groups is 1. The van der Waals surface area contributed by atoms with Crippen molar-refractivity contribution in [1.29, 1.82) is 0 Å². The summed E-state index contributed by atoms with van der Waals surface area (Å²) in [6.07, 6.45) is 1.73. The molecule has 20 heavy (non-hydrogen) atoms. The minimum Gasteiger partial charge on any atom is -0.346 e. The molecule has 0 bridgehead atoms. The van der Waals surface area contributed by atoms with Crippen LogP contribution in [0.25, 0.3) is 10.8 Å². The molecular weight excluding hydrogens is 294 g/mol. The number of hydrogen-bond acceptors (Lipinski definition) is 4. The van der Waals surface area contributed by atoms with Crippen LogP contribution in [0.2, 0.25) is 5.15 Å². The Kier molecular flexibility index (Phi) is 3.62. The van der Waals surface area contributed by atoms with Gasteiger partial charge in [-0.05, 0) is 11.5 Å². The molecule has 0 spiro atoms. The van der Waals surface area contributed by atoms with Crippen molar-refractivity contribution >= 4 is 39.6 Å². The summed E-state index contributed by atoms with van der Waals surface area (Å²) >= 11 is 7.60. The molecule has 100 valence electrons. The molecule has 0 radical (unpaired) electrons. The summed E-state index contributed by atoms with van der Waals surface area (Å²) in [4.78, 5) is 21.2. The van der Waals surface area contributed by atoms with E-state index < -0.39 is 0 Å². The Balaban J connectivity index is 1.84. The minimum absolute atomic E-state index is 0.244. The second-order valence-corrected chi connectivity index (χ2v) is 5.50. The van der Waals surface area contributed by atoms with Crippen LogP contribution in [-0.4, -0.2) is 15.9 Å². The van der Waals surface area contributed by atoms with Crippen LogP contribution in [0.1, 0.15) is 15.4 Å². The molecular formula is C14H10ClN3OS. The number of halogens is 1. The summed E-state index contributed by atoms with van der Waals surface area (Å²) in [6, 6.07) is 9.31. The second kappa shape index (κ2) is 5.56. The first-order valence-electron chi connectivity index (χ1n) is 5.95. The number of nitrogens with one attached hydrogen (secondary N) is 1. The Morgan fingerprint density at radius 1 is 1.35 bits per heavy atom. The molecule has 0 aliphatic heterocycles. The van der Waals surface area contributed by atoms with E-state index in [-0.39, 0.29) is 5.91 Å². The lowest BCUT2D eigenvalue weighted by atomic mass is 10.1. The second-order valence-electron chi connectivity index (χ2n) is 4.17. The Bertz CT molecular complexity index is 758. The van der Waals surface area contributed by atoms with E-state index in [9.17, 15) is 4.79 Å². The highest BCUT2D eigenvalue weighted by Gasteiger charge is 2.11. The first-order chi connectivity index (χ1) is 9.74. The van der Waals surface area contributed by atoms with E-state index in [4.69, 9.17) is 11.6 Å². The average Bonchev–Trinajstić information content (AvgIpc) is 2.98. The van der Waals surface area contributed by atoms with Crippen molar-refractivity contribution < 1.29 is 4.79 Å². The maximum atomic E-state index is 12.1. The molecule has 1 amide bonds. The summed E-state index contributed by atoms with van der Waals surface area (Å²) in [7, 11) is 0. The van der Waals surface area contributed by atoms with Crippen molar-refractivity contribution in [2.75, 3.05) is 0 Å². The topological polar surface area (TPSA) is 54.9 Å². The SMILES string of the molecule is O=C(NCc1cncs1)c1cc2ccccc2c(Cl)n1. The summed E-state index contributed by atoms with van der Waals surface area (Å²) < 4.78 is 0. The van der Waals surface area contributed by atoms with Crippen LogP contribution in [-0.2, 0) is 6.54 Å². The molecule has 2 aromatic heterocycles. The molecule has 0 aliphatic rings. The quantitative estimate of drug-likeness (QED) is 0.756. The fourth-order valence-electron chi connectivity index (χ4n) is 1.86. The highest BCUT2D eigenvalue weighted by atomic mass is 35.5. The average molecular weight is 304 g/mol. The maximum absolute atomic E-state index is 12.1. The number of hydrogen-bond donors (Lipinski definition) is 1. The van der Waals surface area contributed by atoms with E-state index in [1.54, 1.807) is 17.8 Å². The minimum atomic E-state index is -0.244. The van der Waals surface area contributed by atoms with E-state index in [1.165, 1.54) is 11.3 Å². The van der Waals surface area contributed by atoms with E-state index in [0.717, 1.165) is 15.6 Å². The molecule has 3 rings (SSSR count). The molecule has 0 atom stereocenters. The molecule has 1 N–H and O–H groups in total. The third-order valence-electron chi connectivity index (χ3n) is 2.83. The van der Waals surface area contributed by atoms with Gasteiger partial charge in [-0.25, -0.2) is 4.98 Å². The number of rotatable bonds is 3. The van der Waals surface area contributed by atoms with E-state index in [1.807, 2.05) is 24.3 Å². The van der Waals surface area contributed by atoms with Crippen LogP contribution in [0.4, 0.5) is 0 Å². The van der Waals surface area contributed by atoms with Crippen LogP contribution >= 0.6 is 22.9 Å². The zero-order valence-electron chi connectivity index (χ0n) is 10.3. The molecule has 0 fully saturated rings. The van der Waals surface area contributed by atoms with Crippen LogP contribution < -0.4 is 5.32 Å². The fraction of sp³-hybridized carbons (Fsp3) is 0.0714. The lowest BCUT2D eigenvalue weighted by Gasteiger charge is -2.06. The zero-order chi connectivity index (χ0) is 13.9. The fourth-order valence-corrected chi connectivity index (χ4v) is 2.66. The molecule has 1 aromatic carbocycles. The largest absolute Gasteiger partial charge is 0.346 e. The predicted molar refractivity (Wildman–Crippen MR) is 80.0 cm³/mol. The van der Waals surface area contributed by atoms with Crippen molar-refractivity contribution in [3.63, 3.8) is 0 Å². The van der Waals surface area contributed by atoms with Gasteiger partial charge in [0.15, 0.2) is 0 Å². The van der Waals surface area contributed by atoms with Gasteiger partial charge in [-0.2, -0.15) is 0 Å². The summed E-state index contributed by atoms with van der Waals surface area (Å²) in [5.74, 6) is -0.244. The standard InChI is InChI=1S/C14H10ClN3OS/c15-13-11-4-2-1-3-9(11)5-12(18-13)14(19)17-7-10-6-16-8-20-10/h1-6,8H,7H2,(H,17,19). The van der Waals surface area contributed by atoms with Crippen LogP contribution in [0.15, 0.2) is 42.0 Å². The number of aromatic nitrogens is 2. The van der Waals surface area contributed by atoms with Gasteiger partial charge in [0.25, 0.3) is 5.91 Å². The van der Waals surface area contributed by atoms with Gasteiger partial charge in [-0.15, -0.1) is 11.3 Å². The van der Waals surface area contributed by atoms with E-state index in [0.29, 0.717) is 17.4 Å². The van der Waals surface area contributed by atoms with Crippen molar-refractivity contribution in [2.45, 2.75) is 6.54 Å². The number of carbonyl (C=O) groups excluding carboxylic acids is 1. The van der Waals surface area contributed by atoms with Gasteiger partial charge in [0, 0.05) is 16.5 Å². The van der Waals surface area contributed by atoms with Crippen molar-refractivity contribution in [3.8, 4) is 0 Å². The predicted octanol–water partition coefficient (Wildman–Crippen LogP) is 3.27. The molecule has 2 heterocycles. The van der Waals surface area contributed by atoms with Crippen molar-refractivity contribution in [3.05, 3.63) is 57.8 Å². The number of thiazole rings is 1. The third-order valence-corrected chi connectivity index (χ3v) is 3.90. The first-order valence-corrected chi connectivity index (χ1v) is 7.20. The molecule has 0 saturated carbocycles. The number of benzene rings is 1. The lowest BCUT2D eigenvalue weighted by Crippen LogP contribution is -2.23. The summed E-state index contributed by atoms with van der Waals surface area (Å²) in [6.45, 7) is 0.440. The van der Waals surface area contributed by atoms with Gasteiger partial charge < -0.3 is 5.32 Å². The van der Waals surface area contributed by atoms with Crippen molar-refractivity contribution in [1.82, 2.24) is 15.3 Å². The number of nitrogens with zero attached hydrogens (tertiary/aromatic N) is 2. The Morgan fingerprint density at radius 3 is 3.00 bits per heavy atom. The van der Waals surface area contributed by atoms with Gasteiger partial charge in [-0.3, -0.25) is 9.78 Å². The molecule has 6 heteroatoms. The highest BCUT2D eigenvalue weighted by Crippen LogP contribution is 2.22. The number of fused-ring (bicyclic) bond motifs is 1.